The molecule has 1 atom stereocenters. The van der Waals surface area contributed by atoms with Gasteiger partial charge in [-0.2, -0.15) is 0 Å². The molecule has 0 aliphatic heterocycles. The fourth-order valence-electron chi connectivity index (χ4n) is 0.749. The lowest BCUT2D eigenvalue weighted by Gasteiger charge is -2.27. The molecule has 0 amide bonds. The maximum atomic E-state index is 11.1. The van der Waals surface area contributed by atoms with E-state index < -0.39 is 45.1 Å². The van der Waals surface area contributed by atoms with Crippen molar-refractivity contribution in [2.45, 2.75) is 19.1 Å². The van der Waals surface area contributed by atoms with E-state index in [1.165, 1.54) is 0 Å². The van der Waals surface area contributed by atoms with E-state index in [0.717, 1.165) is 0 Å². The summed E-state index contributed by atoms with van der Waals surface area (Å²) in [5, 5.41) is 35.7. The van der Waals surface area contributed by atoms with Crippen LogP contribution in [0.15, 0.2) is 0 Å². The Bertz CT molecular complexity index is 281. The van der Waals surface area contributed by atoms with Crippen LogP contribution >= 0.6 is 7.82 Å². The first-order valence-electron chi connectivity index (χ1n) is 4.01. The minimum Gasteiger partial charge on any atom is -0.393 e. The Morgan fingerprint density at radius 3 is 2.00 bits per heavy atom. The molecule has 0 rings (SSSR count). The fourth-order valence-corrected chi connectivity index (χ4v) is 1.04. The van der Waals surface area contributed by atoms with Gasteiger partial charge in [-0.25, -0.2) is 4.57 Å². The zero-order chi connectivity index (χ0) is 13.0. The summed E-state index contributed by atoms with van der Waals surface area (Å²) in [5.41, 5.74) is -2.48. The lowest BCUT2D eigenvalue weighted by atomic mass is 9.96. The number of aliphatic hydroxyl groups excluding tert-OH is 3. The Kier molecular flexibility index (Phi) is 7.97. The van der Waals surface area contributed by atoms with Gasteiger partial charge in [-0.1, -0.05) is 7.43 Å². The van der Waals surface area contributed by atoms with Gasteiger partial charge in [-0.05, 0) is 0 Å². The summed E-state index contributed by atoms with van der Waals surface area (Å²) in [4.78, 5) is 27.6. The number of ketones is 1. The lowest BCUT2D eigenvalue weighted by Crippen LogP contribution is -2.53. The van der Waals surface area contributed by atoms with E-state index in [2.05, 4.69) is 4.52 Å². The van der Waals surface area contributed by atoms with E-state index in [1.807, 2.05) is 0 Å². The summed E-state index contributed by atoms with van der Waals surface area (Å²) >= 11 is 0. The van der Waals surface area contributed by atoms with E-state index in [4.69, 9.17) is 20.0 Å². The second kappa shape index (κ2) is 7.14. The zero-order valence-electron chi connectivity index (χ0n) is 8.05. The van der Waals surface area contributed by atoms with Gasteiger partial charge in [0.05, 0.1) is 13.2 Å². The van der Waals surface area contributed by atoms with Crippen molar-refractivity contribution in [3.05, 3.63) is 0 Å². The molecule has 0 aromatic heterocycles. The van der Waals surface area contributed by atoms with Crippen molar-refractivity contribution in [2.24, 2.45) is 0 Å². The number of carbonyl (C=O) groups excluding carboxylic acids is 1. The molecule has 0 aromatic carbocycles. The van der Waals surface area contributed by atoms with Crippen LogP contribution in [-0.4, -0.2) is 67.5 Å². The monoisotopic (exact) mass is 276 g/mol. The van der Waals surface area contributed by atoms with Gasteiger partial charge in [-0.15, -0.1) is 0 Å². The average Bonchev–Trinajstić information content (AvgIpc) is 2.22. The smallest absolute Gasteiger partial charge is 0.393 e. The second-order valence-electron chi connectivity index (χ2n) is 3.05. The van der Waals surface area contributed by atoms with Crippen LogP contribution in [0.25, 0.3) is 0 Å². The molecule has 0 aromatic rings. The van der Waals surface area contributed by atoms with Crippen molar-refractivity contribution in [3.8, 4) is 0 Å². The molecule has 0 radical (unpaired) electrons. The summed E-state index contributed by atoms with van der Waals surface area (Å²) in [6, 6.07) is 0. The SMILES string of the molecule is C.O=C(COP(=O)(O)O)C(O)C(O)(CO)CO. The molecule has 0 heterocycles. The minimum absolute atomic E-state index is 0. The molecule has 0 bridgehead atoms. The van der Waals surface area contributed by atoms with Gasteiger partial charge in [-0.3, -0.25) is 9.32 Å². The molecule has 104 valence electrons. The van der Waals surface area contributed by atoms with Crippen LogP contribution in [0.4, 0.5) is 0 Å². The Balaban J connectivity index is 0. The number of Topliss-reactive ketones (excluding diaryl/α,β-unsaturated/α-hetero) is 1. The zero-order valence-corrected chi connectivity index (χ0v) is 8.95. The highest BCUT2D eigenvalue weighted by atomic mass is 31.2. The predicted molar refractivity (Wildman–Crippen MR) is 54.9 cm³/mol. The first-order valence-corrected chi connectivity index (χ1v) is 5.54. The number of carbonyl (C=O) groups is 1. The number of hydrogen-bond donors (Lipinski definition) is 6. The fraction of sp³-hybridized carbons (Fsp3) is 0.857. The Labute approximate surface area is 97.5 Å². The lowest BCUT2D eigenvalue weighted by molar-refractivity contribution is -0.160. The first kappa shape index (κ1) is 19.0. The number of aliphatic hydroxyl groups is 4. The molecule has 0 fully saturated rings. The van der Waals surface area contributed by atoms with Gasteiger partial charge in [0.1, 0.15) is 18.3 Å². The Morgan fingerprint density at radius 1 is 1.29 bits per heavy atom. The van der Waals surface area contributed by atoms with Crippen LogP contribution in [0.3, 0.4) is 0 Å². The second-order valence-corrected chi connectivity index (χ2v) is 4.29. The van der Waals surface area contributed by atoms with Crippen molar-refractivity contribution < 1.29 is 44.1 Å². The Morgan fingerprint density at radius 2 is 1.71 bits per heavy atom. The molecule has 10 heteroatoms. The molecule has 0 aliphatic rings. The summed E-state index contributed by atoms with van der Waals surface area (Å²) in [6.07, 6.45) is -2.21. The summed E-state index contributed by atoms with van der Waals surface area (Å²) in [5.74, 6) is -1.28. The summed E-state index contributed by atoms with van der Waals surface area (Å²) < 4.78 is 14.0. The third kappa shape index (κ3) is 6.20. The van der Waals surface area contributed by atoms with Crippen molar-refractivity contribution in [1.29, 1.82) is 0 Å². The van der Waals surface area contributed by atoms with E-state index in [-0.39, 0.29) is 7.43 Å². The summed E-state index contributed by atoms with van der Waals surface area (Å²) in [7, 11) is -4.87. The van der Waals surface area contributed by atoms with Gasteiger partial charge in [0.15, 0.2) is 5.78 Å². The van der Waals surface area contributed by atoms with Gasteiger partial charge < -0.3 is 30.2 Å². The van der Waals surface area contributed by atoms with Gasteiger partial charge in [0.25, 0.3) is 0 Å². The molecule has 9 nitrogen and oxygen atoms in total. The molecule has 1 unspecified atom stereocenters. The number of hydrogen-bond acceptors (Lipinski definition) is 7. The molecule has 0 saturated carbocycles. The molecule has 0 saturated heterocycles. The van der Waals surface area contributed by atoms with Crippen LogP contribution in [-0.2, 0) is 13.9 Å². The van der Waals surface area contributed by atoms with Crippen LogP contribution in [0.1, 0.15) is 7.43 Å². The molecule has 0 aliphatic carbocycles. The number of phosphoric ester groups is 1. The highest BCUT2D eigenvalue weighted by molar-refractivity contribution is 7.46. The van der Waals surface area contributed by atoms with Crippen LogP contribution in [0.5, 0.6) is 0 Å². The van der Waals surface area contributed by atoms with E-state index >= 15 is 0 Å². The molecular weight excluding hydrogens is 259 g/mol. The van der Waals surface area contributed by atoms with Gasteiger partial charge in [0.2, 0.25) is 0 Å². The summed E-state index contributed by atoms with van der Waals surface area (Å²) in [6.45, 7) is -3.37. The number of rotatable bonds is 7. The number of phosphoric acid groups is 1. The van der Waals surface area contributed by atoms with Crippen molar-refractivity contribution >= 4 is 13.6 Å². The normalized spacial score (nSPS) is 14.0. The molecule has 0 spiro atoms. The van der Waals surface area contributed by atoms with Crippen molar-refractivity contribution in [3.63, 3.8) is 0 Å². The quantitative estimate of drug-likeness (QED) is 0.273. The highest BCUT2D eigenvalue weighted by Gasteiger charge is 2.39. The van der Waals surface area contributed by atoms with E-state index in [1.54, 1.807) is 0 Å². The topological polar surface area (TPSA) is 165 Å². The van der Waals surface area contributed by atoms with Crippen LogP contribution < -0.4 is 0 Å². The van der Waals surface area contributed by atoms with Crippen molar-refractivity contribution in [1.82, 2.24) is 0 Å². The largest absolute Gasteiger partial charge is 0.470 e. The molecule has 17 heavy (non-hydrogen) atoms. The predicted octanol–water partition coefficient (Wildman–Crippen LogP) is -2.62. The molecular formula is C7H17O9P. The molecule has 6 N–H and O–H groups in total. The first-order chi connectivity index (χ1) is 7.16. The average molecular weight is 276 g/mol. The van der Waals surface area contributed by atoms with Crippen molar-refractivity contribution in [2.75, 3.05) is 19.8 Å². The van der Waals surface area contributed by atoms with Crippen LogP contribution in [0, 0.1) is 0 Å². The maximum absolute atomic E-state index is 11.1. The van der Waals surface area contributed by atoms with Crippen LogP contribution in [0.2, 0.25) is 0 Å². The third-order valence-corrected chi connectivity index (χ3v) is 2.20. The maximum Gasteiger partial charge on any atom is 0.470 e. The van der Waals surface area contributed by atoms with E-state index in [9.17, 15) is 19.6 Å². The minimum atomic E-state index is -4.87. The van der Waals surface area contributed by atoms with Gasteiger partial charge >= 0.3 is 7.82 Å². The van der Waals surface area contributed by atoms with E-state index in [0.29, 0.717) is 0 Å². The third-order valence-electron chi connectivity index (χ3n) is 1.74. The Hall–Kier alpha value is -0.380. The van der Waals surface area contributed by atoms with Gasteiger partial charge in [0, 0.05) is 0 Å². The highest BCUT2D eigenvalue weighted by Crippen LogP contribution is 2.35. The standard InChI is InChI=1S/C6H13O9P.CH4/c7-2-6(11,3-8)5(10)4(9)1-15-16(12,13)14;/h5,7-8,10-11H,1-3H2,(H2,12,13,14);1H4.